The number of rotatable bonds is 4. The summed E-state index contributed by atoms with van der Waals surface area (Å²) in [4.78, 5) is 14.5. The van der Waals surface area contributed by atoms with E-state index in [9.17, 15) is 0 Å². The number of benzene rings is 2. The highest BCUT2D eigenvalue weighted by molar-refractivity contribution is 7.22. The van der Waals surface area contributed by atoms with Crippen LogP contribution in [0.25, 0.3) is 21.1 Å². The molecule has 1 fully saturated rings. The number of nitrogens with zero attached hydrogens (tertiary/aromatic N) is 4. The Balaban J connectivity index is 1.27. The zero-order valence-corrected chi connectivity index (χ0v) is 16.7. The van der Waals surface area contributed by atoms with Crippen LogP contribution in [0.2, 0.25) is 0 Å². The minimum Gasteiger partial charge on any atom is -0.494 e. The van der Waals surface area contributed by atoms with Gasteiger partial charge in [-0.1, -0.05) is 41.7 Å². The van der Waals surface area contributed by atoms with Crippen molar-refractivity contribution < 1.29 is 4.74 Å². The first kappa shape index (κ1) is 17.4. The van der Waals surface area contributed by atoms with E-state index in [1.165, 1.54) is 4.70 Å². The summed E-state index contributed by atoms with van der Waals surface area (Å²) in [6, 6.07) is 18.7. The molecular formula is C22H22N4OS. The Kier molecular flexibility index (Phi) is 4.58. The van der Waals surface area contributed by atoms with Crippen LogP contribution < -0.4 is 9.64 Å². The topological polar surface area (TPSA) is 41.5 Å². The van der Waals surface area contributed by atoms with Crippen molar-refractivity contribution in [3.8, 4) is 5.75 Å². The van der Waals surface area contributed by atoms with Crippen LogP contribution in [0.5, 0.6) is 5.75 Å². The van der Waals surface area contributed by atoms with Crippen LogP contribution in [0.4, 0.5) is 5.13 Å². The fraction of sp³-hybridized carbons (Fsp3) is 0.273. The maximum Gasteiger partial charge on any atom is 0.186 e. The minimum atomic E-state index is 0.833. The Morgan fingerprint density at radius 2 is 1.79 bits per heavy atom. The molecule has 2 aromatic heterocycles. The molecule has 0 atom stereocenters. The van der Waals surface area contributed by atoms with Gasteiger partial charge in [-0.05, 0) is 24.3 Å². The Morgan fingerprint density at radius 3 is 2.61 bits per heavy atom. The number of piperazine rings is 1. The summed E-state index contributed by atoms with van der Waals surface area (Å²) >= 11 is 1.78. The molecule has 2 aromatic carbocycles. The SMILES string of the molecule is COc1cccc2ccc(CN3CCN(c4nc5ccccc5s4)CC3)nc12. The fourth-order valence-corrected chi connectivity index (χ4v) is 4.75. The summed E-state index contributed by atoms with van der Waals surface area (Å²) in [6.07, 6.45) is 0. The minimum absolute atomic E-state index is 0.833. The predicted octanol–water partition coefficient (Wildman–Crippen LogP) is 4.18. The normalized spacial score (nSPS) is 15.4. The van der Waals surface area contributed by atoms with Crippen molar-refractivity contribution >= 4 is 37.6 Å². The molecule has 28 heavy (non-hydrogen) atoms. The summed E-state index contributed by atoms with van der Waals surface area (Å²) in [7, 11) is 1.70. The smallest absolute Gasteiger partial charge is 0.186 e. The van der Waals surface area contributed by atoms with Crippen molar-refractivity contribution in [1.29, 1.82) is 0 Å². The molecule has 6 heteroatoms. The van der Waals surface area contributed by atoms with Crippen LogP contribution in [0, 0.1) is 0 Å². The largest absolute Gasteiger partial charge is 0.494 e. The molecule has 1 saturated heterocycles. The fourth-order valence-electron chi connectivity index (χ4n) is 3.73. The van der Waals surface area contributed by atoms with E-state index in [-0.39, 0.29) is 0 Å². The zero-order chi connectivity index (χ0) is 18.9. The van der Waals surface area contributed by atoms with Crippen LogP contribution in [-0.2, 0) is 6.54 Å². The first-order chi connectivity index (χ1) is 13.8. The van der Waals surface area contributed by atoms with Crippen LogP contribution in [0.1, 0.15) is 5.69 Å². The lowest BCUT2D eigenvalue weighted by Gasteiger charge is -2.34. The van der Waals surface area contributed by atoms with Gasteiger partial charge in [-0.25, -0.2) is 9.97 Å². The van der Waals surface area contributed by atoms with E-state index in [4.69, 9.17) is 14.7 Å². The number of thiazole rings is 1. The van der Waals surface area contributed by atoms with Gasteiger partial charge < -0.3 is 9.64 Å². The maximum atomic E-state index is 5.47. The Labute approximate surface area is 168 Å². The second-order valence-electron chi connectivity index (χ2n) is 7.06. The second kappa shape index (κ2) is 7.37. The molecular weight excluding hydrogens is 368 g/mol. The van der Waals surface area contributed by atoms with E-state index in [0.717, 1.165) is 65.7 Å². The van der Waals surface area contributed by atoms with E-state index >= 15 is 0 Å². The van der Waals surface area contributed by atoms with E-state index in [0.29, 0.717) is 0 Å². The van der Waals surface area contributed by atoms with Crippen LogP contribution >= 0.6 is 11.3 Å². The molecule has 4 aromatic rings. The van der Waals surface area contributed by atoms with Gasteiger partial charge >= 0.3 is 0 Å². The first-order valence-corrected chi connectivity index (χ1v) is 10.4. The van der Waals surface area contributed by atoms with E-state index in [1.807, 2.05) is 12.1 Å². The van der Waals surface area contributed by atoms with Gasteiger partial charge in [0.2, 0.25) is 0 Å². The first-order valence-electron chi connectivity index (χ1n) is 9.56. The number of para-hydroxylation sites is 2. The highest BCUT2D eigenvalue weighted by atomic mass is 32.1. The number of aromatic nitrogens is 2. The van der Waals surface area contributed by atoms with Crippen molar-refractivity contribution in [3.63, 3.8) is 0 Å². The molecule has 3 heterocycles. The molecule has 0 aliphatic carbocycles. The molecule has 5 rings (SSSR count). The van der Waals surface area contributed by atoms with Crippen molar-refractivity contribution in [3.05, 3.63) is 60.3 Å². The predicted molar refractivity (Wildman–Crippen MR) is 115 cm³/mol. The van der Waals surface area contributed by atoms with E-state index in [1.54, 1.807) is 18.4 Å². The molecule has 0 spiro atoms. The van der Waals surface area contributed by atoms with E-state index < -0.39 is 0 Å². The molecule has 0 amide bonds. The quantitative estimate of drug-likeness (QED) is 0.523. The van der Waals surface area contributed by atoms with Crippen LogP contribution in [0.15, 0.2) is 54.6 Å². The van der Waals surface area contributed by atoms with Gasteiger partial charge in [0.15, 0.2) is 5.13 Å². The molecule has 0 radical (unpaired) electrons. The third-order valence-electron chi connectivity index (χ3n) is 5.27. The number of anilines is 1. The van der Waals surface area contributed by atoms with Gasteiger partial charge in [0.1, 0.15) is 11.3 Å². The lowest BCUT2D eigenvalue weighted by atomic mass is 10.2. The molecule has 142 valence electrons. The van der Waals surface area contributed by atoms with Crippen LogP contribution in [0.3, 0.4) is 0 Å². The number of pyridine rings is 1. The third-order valence-corrected chi connectivity index (χ3v) is 6.37. The second-order valence-corrected chi connectivity index (χ2v) is 8.07. The average Bonchev–Trinajstić information content (AvgIpc) is 3.18. The Morgan fingerprint density at radius 1 is 0.929 bits per heavy atom. The Hall–Kier alpha value is -2.70. The standard InChI is InChI=1S/C22H22N4OS/c1-27-19-7-4-5-16-9-10-17(23-21(16)19)15-25-11-13-26(14-12-25)22-24-18-6-2-3-8-20(18)28-22/h2-10H,11-15H2,1H3. The van der Waals surface area contributed by atoms with Crippen molar-refractivity contribution in [2.24, 2.45) is 0 Å². The summed E-state index contributed by atoms with van der Waals surface area (Å²) in [5.41, 5.74) is 3.13. The molecule has 1 aliphatic heterocycles. The molecule has 0 unspecified atom stereocenters. The summed E-state index contributed by atoms with van der Waals surface area (Å²) in [5, 5.41) is 2.25. The van der Waals surface area contributed by atoms with Gasteiger partial charge in [-0.15, -0.1) is 0 Å². The molecule has 0 N–H and O–H groups in total. The third kappa shape index (κ3) is 3.30. The van der Waals surface area contributed by atoms with Gasteiger partial charge in [0, 0.05) is 38.1 Å². The highest BCUT2D eigenvalue weighted by Crippen LogP contribution is 2.29. The lowest BCUT2D eigenvalue weighted by molar-refractivity contribution is 0.247. The molecule has 1 aliphatic rings. The van der Waals surface area contributed by atoms with Gasteiger partial charge in [0.05, 0.1) is 23.0 Å². The number of hydrogen-bond acceptors (Lipinski definition) is 6. The lowest BCUT2D eigenvalue weighted by Crippen LogP contribution is -2.46. The highest BCUT2D eigenvalue weighted by Gasteiger charge is 2.20. The number of hydrogen-bond donors (Lipinski definition) is 0. The average molecular weight is 391 g/mol. The molecule has 0 saturated carbocycles. The monoisotopic (exact) mass is 390 g/mol. The van der Waals surface area contributed by atoms with Gasteiger partial charge in [-0.2, -0.15) is 0 Å². The summed E-state index contributed by atoms with van der Waals surface area (Å²) in [6.45, 7) is 4.89. The van der Waals surface area contributed by atoms with Crippen molar-refractivity contribution in [1.82, 2.24) is 14.9 Å². The molecule has 0 bridgehead atoms. The Bertz CT molecular complexity index is 1080. The number of methoxy groups -OCH3 is 1. The molecule has 5 nitrogen and oxygen atoms in total. The maximum absolute atomic E-state index is 5.47. The van der Waals surface area contributed by atoms with Crippen molar-refractivity contribution in [2.75, 3.05) is 38.2 Å². The van der Waals surface area contributed by atoms with Gasteiger partial charge in [-0.3, -0.25) is 4.90 Å². The number of fused-ring (bicyclic) bond motifs is 2. The van der Waals surface area contributed by atoms with Crippen molar-refractivity contribution in [2.45, 2.75) is 6.54 Å². The van der Waals surface area contributed by atoms with Crippen LogP contribution in [-0.4, -0.2) is 48.2 Å². The van der Waals surface area contributed by atoms with Gasteiger partial charge in [0.25, 0.3) is 0 Å². The zero-order valence-electron chi connectivity index (χ0n) is 15.8. The summed E-state index contributed by atoms with van der Waals surface area (Å²) < 4.78 is 6.73. The summed E-state index contributed by atoms with van der Waals surface area (Å²) in [5.74, 6) is 0.833. The number of ether oxygens (including phenoxy) is 1. The van der Waals surface area contributed by atoms with E-state index in [2.05, 4.69) is 52.3 Å².